The van der Waals surface area contributed by atoms with Gasteiger partial charge in [-0.2, -0.15) is 0 Å². The molecule has 4 aliphatic rings. The number of nitrogens with zero attached hydrogens (tertiary/aromatic N) is 2. The van der Waals surface area contributed by atoms with Gasteiger partial charge in [-0.3, -0.25) is 14.4 Å². The summed E-state index contributed by atoms with van der Waals surface area (Å²) in [7, 11) is 0. The summed E-state index contributed by atoms with van der Waals surface area (Å²) in [5.74, 6) is 2.29. The van der Waals surface area contributed by atoms with Crippen LogP contribution in [-0.4, -0.2) is 46.0 Å². The van der Waals surface area contributed by atoms with Gasteiger partial charge in [0.15, 0.2) is 5.69 Å². The number of fused-ring (bicyclic) bond motifs is 3. The summed E-state index contributed by atoms with van der Waals surface area (Å²) >= 11 is 0. The second kappa shape index (κ2) is 9.52. The Morgan fingerprint density at radius 2 is 1.94 bits per heavy atom. The Morgan fingerprint density at radius 3 is 2.83 bits per heavy atom. The number of pyridine rings is 1. The van der Waals surface area contributed by atoms with Gasteiger partial charge in [0, 0.05) is 48.4 Å². The number of nitrogens with one attached hydrogen (secondary N) is 2. The largest absolute Gasteiger partial charge is 0.360 e. The van der Waals surface area contributed by atoms with E-state index in [2.05, 4.69) is 22.4 Å². The van der Waals surface area contributed by atoms with Crippen molar-refractivity contribution in [3.63, 3.8) is 0 Å². The van der Waals surface area contributed by atoms with Crippen molar-refractivity contribution >= 4 is 11.8 Å². The van der Waals surface area contributed by atoms with Crippen molar-refractivity contribution in [3.05, 3.63) is 50.3 Å². The predicted octanol–water partition coefficient (Wildman–Crippen LogP) is 3.43. The number of likely N-dealkylation sites (tertiary alicyclic amines) is 1. The van der Waals surface area contributed by atoms with E-state index in [1.165, 1.54) is 6.07 Å². The normalized spacial score (nSPS) is 27.5. The highest BCUT2D eigenvalue weighted by molar-refractivity contribution is 5.96. The molecule has 4 unspecified atom stereocenters. The van der Waals surface area contributed by atoms with E-state index in [9.17, 15) is 14.4 Å². The molecule has 8 heteroatoms. The first-order valence-electron chi connectivity index (χ1n) is 13.8. The van der Waals surface area contributed by atoms with Gasteiger partial charge in [0.1, 0.15) is 5.76 Å². The number of aromatic amines is 1. The number of aromatic nitrogens is 2. The topological polar surface area (TPSA) is 108 Å². The van der Waals surface area contributed by atoms with Gasteiger partial charge < -0.3 is 19.7 Å². The quantitative estimate of drug-likeness (QED) is 0.683. The molecule has 2 aromatic rings. The van der Waals surface area contributed by atoms with Crippen LogP contribution in [0.1, 0.15) is 95.3 Å². The zero-order chi connectivity index (χ0) is 24.8. The van der Waals surface area contributed by atoms with Crippen molar-refractivity contribution in [3.8, 4) is 0 Å². The molecule has 3 heterocycles. The number of amides is 2. The molecule has 8 nitrogen and oxygen atoms in total. The molecule has 2 amide bonds. The number of carbonyl (C=O) groups is 2. The van der Waals surface area contributed by atoms with Gasteiger partial charge in [0.2, 0.25) is 5.56 Å². The highest BCUT2D eigenvalue weighted by Crippen LogP contribution is 2.37. The Bertz CT molecular complexity index is 1230. The van der Waals surface area contributed by atoms with Crippen LogP contribution in [0.4, 0.5) is 0 Å². The molecule has 0 bridgehead atoms. The fourth-order valence-electron chi connectivity index (χ4n) is 7.04. The predicted molar refractivity (Wildman–Crippen MR) is 134 cm³/mol. The first kappa shape index (κ1) is 23.5. The minimum atomic E-state index is -0.190. The van der Waals surface area contributed by atoms with Crippen LogP contribution in [0.3, 0.4) is 0 Å². The van der Waals surface area contributed by atoms with E-state index in [1.807, 2.05) is 4.90 Å². The van der Waals surface area contributed by atoms with Gasteiger partial charge in [-0.25, -0.2) is 0 Å². The fourth-order valence-corrected chi connectivity index (χ4v) is 7.04. The van der Waals surface area contributed by atoms with Crippen molar-refractivity contribution in [2.75, 3.05) is 13.1 Å². The molecule has 2 N–H and O–H groups in total. The lowest BCUT2D eigenvalue weighted by atomic mass is 9.73. The van der Waals surface area contributed by atoms with Crippen LogP contribution in [0.5, 0.6) is 0 Å². The molecule has 36 heavy (non-hydrogen) atoms. The lowest BCUT2D eigenvalue weighted by Gasteiger charge is -2.43. The second-order valence-electron chi connectivity index (χ2n) is 11.5. The molecule has 4 atom stereocenters. The minimum absolute atomic E-state index is 0.0158. The van der Waals surface area contributed by atoms with Crippen molar-refractivity contribution < 1.29 is 14.1 Å². The summed E-state index contributed by atoms with van der Waals surface area (Å²) in [6, 6.07) is 1.59. The van der Waals surface area contributed by atoms with Crippen LogP contribution < -0.4 is 10.9 Å². The molecular weight excluding hydrogens is 456 g/mol. The van der Waals surface area contributed by atoms with Crippen molar-refractivity contribution in [1.29, 1.82) is 0 Å². The van der Waals surface area contributed by atoms with E-state index in [4.69, 9.17) is 4.52 Å². The lowest BCUT2D eigenvalue weighted by molar-refractivity contribution is 0.0469. The average Bonchev–Trinajstić information content (AvgIpc) is 3.30. The first-order valence-corrected chi connectivity index (χ1v) is 13.8. The Morgan fingerprint density at radius 1 is 1.08 bits per heavy atom. The summed E-state index contributed by atoms with van der Waals surface area (Å²) in [6.45, 7) is 3.69. The van der Waals surface area contributed by atoms with Gasteiger partial charge in [0.05, 0.1) is 0 Å². The Hall–Kier alpha value is -2.90. The molecule has 2 aromatic heterocycles. The number of aryl methyl sites for hydroxylation is 2. The van der Waals surface area contributed by atoms with Crippen LogP contribution in [0.2, 0.25) is 0 Å². The van der Waals surface area contributed by atoms with Crippen LogP contribution in [0, 0.1) is 17.8 Å². The van der Waals surface area contributed by atoms with Gasteiger partial charge in [-0.1, -0.05) is 12.1 Å². The van der Waals surface area contributed by atoms with Crippen LogP contribution >= 0.6 is 0 Å². The van der Waals surface area contributed by atoms with E-state index in [0.717, 1.165) is 106 Å². The Labute approximate surface area is 211 Å². The molecule has 6 rings (SSSR count). The molecule has 0 radical (unpaired) electrons. The highest BCUT2D eigenvalue weighted by atomic mass is 16.5. The van der Waals surface area contributed by atoms with Crippen molar-refractivity contribution in [1.82, 2.24) is 20.4 Å². The van der Waals surface area contributed by atoms with Crippen LogP contribution in [-0.2, 0) is 25.7 Å². The summed E-state index contributed by atoms with van der Waals surface area (Å²) in [6.07, 6.45) is 10.4. The van der Waals surface area contributed by atoms with E-state index >= 15 is 0 Å². The fraction of sp³-hybridized carbons (Fsp3) is 0.643. The summed E-state index contributed by atoms with van der Waals surface area (Å²) < 4.78 is 5.52. The molecule has 0 spiro atoms. The monoisotopic (exact) mass is 492 g/mol. The lowest BCUT2D eigenvalue weighted by Crippen LogP contribution is -2.49. The highest BCUT2D eigenvalue weighted by Gasteiger charge is 2.39. The molecule has 3 aliphatic carbocycles. The third-order valence-corrected chi connectivity index (χ3v) is 9.06. The van der Waals surface area contributed by atoms with E-state index < -0.39 is 0 Å². The zero-order valence-corrected chi connectivity index (χ0v) is 21.1. The zero-order valence-electron chi connectivity index (χ0n) is 21.1. The van der Waals surface area contributed by atoms with Crippen LogP contribution in [0.25, 0.3) is 0 Å². The first-order chi connectivity index (χ1) is 17.5. The number of hydrogen-bond donors (Lipinski definition) is 2. The number of H-pyrrole nitrogens is 1. The van der Waals surface area contributed by atoms with Gasteiger partial charge in [0.25, 0.3) is 11.8 Å². The SMILES string of the molecule is CC1CCc2onc(C(=O)N3CCC4CC(NC(=O)c5cc(=O)[nH]c6c5CCCC6)CCC4C3)c2C1. The third-order valence-electron chi connectivity index (χ3n) is 9.06. The summed E-state index contributed by atoms with van der Waals surface area (Å²) in [4.78, 5) is 43.6. The molecule has 1 saturated carbocycles. The van der Waals surface area contributed by atoms with E-state index in [1.54, 1.807) is 0 Å². The van der Waals surface area contributed by atoms with E-state index in [0.29, 0.717) is 29.0 Å². The number of rotatable bonds is 3. The summed E-state index contributed by atoms with van der Waals surface area (Å²) in [5, 5.41) is 7.43. The van der Waals surface area contributed by atoms with Gasteiger partial charge in [-0.15, -0.1) is 0 Å². The smallest absolute Gasteiger partial charge is 0.276 e. The number of hydrogen-bond acceptors (Lipinski definition) is 5. The summed E-state index contributed by atoms with van der Waals surface area (Å²) in [5.41, 5.74) is 3.86. The maximum Gasteiger partial charge on any atom is 0.276 e. The Balaban J connectivity index is 1.08. The molecule has 1 saturated heterocycles. The number of carbonyl (C=O) groups excluding carboxylic acids is 2. The minimum Gasteiger partial charge on any atom is -0.360 e. The van der Waals surface area contributed by atoms with E-state index in [-0.39, 0.29) is 23.4 Å². The Kier molecular flexibility index (Phi) is 6.21. The molecular formula is C28H36N4O4. The third kappa shape index (κ3) is 4.39. The maximum absolute atomic E-state index is 13.3. The van der Waals surface area contributed by atoms with Gasteiger partial charge >= 0.3 is 0 Å². The van der Waals surface area contributed by atoms with Crippen LogP contribution in [0.15, 0.2) is 15.4 Å². The maximum atomic E-state index is 13.3. The second-order valence-corrected chi connectivity index (χ2v) is 11.5. The van der Waals surface area contributed by atoms with Gasteiger partial charge in [-0.05, 0) is 87.5 Å². The average molecular weight is 493 g/mol. The van der Waals surface area contributed by atoms with Crippen molar-refractivity contribution in [2.45, 2.75) is 83.6 Å². The molecule has 2 fully saturated rings. The number of piperidine rings is 1. The standard InChI is InChI=1S/C28H36N4O4/c1-16-6-9-24-22(12-16)26(31-36-24)28(35)32-11-10-17-13-19(8-7-18(17)15-32)29-27(34)21-14-25(33)30-23-5-3-2-4-20(21)23/h14,16-19H,2-13,15H2,1H3,(H,29,34)(H,30,33). The molecule has 0 aromatic carbocycles. The van der Waals surface area contributed by atoms with Crippen molar-refractivity contribution in [2.24, 2.45) is 17.8 Å². The molecule has 192 valence electrons. The molecule has 1 aliphatic heterocycles.